The number of carbonyl (C=O) groups excluding carboxylic acids is 3. The van der Waals surface area contributed by atoms with Crippen LogP contribution in [0.4, 0.5) is 4.79 Å². The van der Waals surface area contributed by atoms with Crippen molar-refractivity contribution in [1.82, 2.24) is 10.4 Å². The van der Waals surface area contributed by atoms with E-state index < -0.39 is 69.7 Å². The highest BCUT2D eigenvalue weighted by molar-refractivity contribution is 5.92. The standard InChI is InChI=1S/C28H44N2O9.ClH.H2O/c1-8-25(4)15-18(32)28(36)26(5)17(31)9-12-24(2,3)20(26)19(33)21(27(28,6)39-25)37-23(35)29-38-22(34)16-10-13-30(7)14-11-16;;/h8,16-17,19-21,31,33,36H,1,9-15H2,2-7H3,(H,29,35);1H;1H2/t17-,19-,20-,21-,25-,26-,27+,28-;;/m0../s1. The predicted molar refractivity (Wildman–Crippen MR) is 150 cm³/mol. The molecule has 236 valence electrons. The molecule has 8 atom stereocenters. The quantitative estimate of drug-likeness (QED) is 0.267. The topological polar surface area (TPSA) is 186 Å². The van der Waals surface area contributed by atoms with Gasteiger partial charge in [-0.15, -0.1) is 24.5 Å². The highest BCUT2D eigenvalue weighted by Gasteiger charge is 2.81. The van der Waals surface area contributed by atoms with Gasteiger partial charge in [-0.05, 0) is 65.1 Å². The van der Waals surface area contributed by atoms with Gasteiger partial charge >= 0.3 is 12.1 Å². The number of hydrogen-bond donors (Lipinski definition) is 4. The van der Waals surface area contributed by atoms with Crippen LogP contribution in [0.3, 0.4) is 0 Å². The molecule has 2 heterocycles. The van der Waals surface area contributed by atoms with Crippen molar-refractivity contribution in [2.45, 2.75) is 102 Å². The Labute approximate surface area is 247 Å². The van der Waals surface area contributed by atoms with Crippen molar-refractivity contribution in [2.24, 2.45) is 22.7 Å². The lowest BCUT2D eigenvalue weighted by atomic mass is 9.40. The van der Waals surface area contributed by atoms with Crippen LogP contribution in [0.1, 0.15) is 66.7 Å². The number of likely N-dealkylation sites (tertiary alicyclic amines) is 1. The van der Waals surface area contributed by atoms with E-state index in [1.807, 2.05) is 26.4 Å². The molecule has 2 aliphatic heterocycles. The molecule has 2 aliphatic carbocycles. The molecule has 13 heteroatoms. The summed E-state index contributed by atoms with van der Waals surface area (Å²) >= 11 is 0. The third kappa shape index (κ3) is 5.30. The van der Waals surface area contributed by atoms with Gasteiger partial charge in [0.1, 0.15) is 5.60 Å². The van der Waals surface area contributed by atoms with Crippen molar-refractivity contribution in [3.05, 3.63) is 12.7 Å². The van der Waals surface area contributed by atoms with Gasteiger partial charge in [0.05, 0.1) is 23.7 Å². The molecule has 41 heavy (non-hydrogen) atoms. The van der Waals surface area contributed by atoms with Crippen molar-refractivity contribution in [3.8, 4) is 0 Å². The summed E-state index contributed by atoms with van der Waals surface area (Å²) in [5, 5.41) is 35.6. The molecule has 0 aromatic heterocycles. The molecule has 0 aromatic rings. The van der Waals surface area contributed by atoms with Gasteiger partial charge in [0.25, 0.3) is 0 Å². The Hall–Kier alpha value is -1.80. The lowest BCUT2D eigenvalue weighted by Gasteiger charge is -2.71. The fraction of sp³-hybridized carbons (Fsp3) is 0.821. The summed E-state index contributed by atoms with van der Waals surface area (Å²) < 4.78 is 12.0. The second-order valence-corrected chi connectivity index (χ2v) is 13.3. The monoisotopic (exact) mass is 606 g/mol. The number of amides is 1. The molecule has 0 unspecified atom stereocenters. The summed E-state index contributed by atoms with van der Waals surface area (Å²) in [6.07, 6.45) is -2.13. The number of hydroxylamine groups is 1. The molecule has 0 spiro atoms. The summed E-state index contributed by atoms with van der Waals surface area (Å²) in [5.74, 6) is -2.42. The molecule has 4 fully saturated rings. The second-order valence-electron chi connectivity index (χ2n) is 13.3. The largest absolute Gasteiger partial charge is 0.441 e. The van der Waals surface area contributed by atoms with Crippen molar-refractivity contribution >= 4 is 30.3 Å². The van der Waals surface area contributed by atoms with Crippen LogP contribution >= 0.6 is 12.4 Å². The van der Waals surface area contributed by atoms with Crippen LogP contribution in [0.25, 0.3) is 0 Å². The van der Waals surface area contributed by atoms with Gasteiger partial charge in [-0.3, -0.25) is 4.79 Å². The number of carbonyl (C=O) groups is 3. The molecule has 6 N–H and O–H groups in total. The van der Waals surface area contributed by atoms with Gasteiger partial charge in [0.2, 0.25) is 0 Å². The Bertz CT molecular complexity index is 1040. The van der Waals surface area contributed by atoms with Gasteiger partial charge < -0.3 is 40.0 Å². The molecule has 4 aliphatic rings. The summed E-state index contributed by atoms with van der Waals surface area (Å²) in [6, 6.07) is 0. The molecule has 0 bridgehead atoms. The number of aliphatic hydroxyl groups excluding tert-OH is 2. The zero-order chi connectivity index (χ0) is 29.2. The number of hydrogen-bond acceptors (Lipinski definition) is 10. The third-order valence-electron chi connectivity index (χ3n) is 10.2. The van der Waals surface area contributed by atoms with Gasteiger partial charge in [-0.2, -0.15) is 0 Å². The normalized spacial score (nSPS) is 42.3. The van der Waals surface area contributed by atoms with Gasteiger partial charge in [0.15, 0.2) is 17.5 Å². The summed E-state index contributed by atoms with van der Waals surface area (Å²) in [6.45, 7) is 13.6. The fourth-order valence-electron chi connectivity index (χ4n) is 8.04. The minimum absolute atomic E-state index is 0. The maximum atomic E-state index is 13.9. The van der Waals surface area contributed by atoms with Crippen LogP contribution < -0.4 is 5.48 Å². The molecule has 0 radical (unpaired) electrons. The van der Waals surface area contributed by atoms with Crippen molar-refractivity contribution < 1.29 is 49.5 Å². The van der Waals surface area contributed by atoms with E-state index in [2.05, 4.69) is 11.5 Å². The van der Waals surface area contributed by atoms with E-state index in [0.29, 0.717) is 25.7 Å². The van der Waals surface area contributed by atoms with Crippen LogP contribution in [0.5, 0.6) is 0 Å². The Morgan fingerprint density at radius 3 is 2.27 bits per heavy atom. The van der Waals surface area contributed by atoms with E-state index in [0.717, 1.165) is 13.1 Å². The molecule has 12 nitrogen and oxygen atoms in total. The number of ether oxygens (including phenoxy) is 2. The zero-order valence-electron chi connectivity index (χ0n) is 24.8. The number of nitrogens with zero attached hydrogens (tertiary/aromatic N) is 1. The number of aliphatic hydroxyl groups is 3. The minimum Gasteiger partial charge on any atom is -0.438 e. The van der Waals surface area contributed by atoms with E-state index in [4.69, 9.17) is 14.3 Å². The Kier molecular flexibility index (Phi) is 10.1. The number of halogens is 1. The first-order valence-electron chi connectivity index (χ1n) is 13.8. The lowest BCUT2D eigenvalue weighted by Crippen LogP contribution is -2.86. The third-order valence-corrected chi connectivity index (χ3v) is 10.2. The Morgan fingerprint density at radius 1 is 1.12 bits per heavy atom. The number of piperidine rings is 1. The smallest absolute Gasteiger partial charge is 0.438 e. The molecule has 0 aromatic carbocycles. The van der Waals surface area contributed by atoms with Gasteiger partial charge in [-0.25, -0.2) is 9.59 Å². The molecule has 2 saturated heterocycles. The average Bonchev–Trinajstić information content (AvgIpc) is 2.86. The van der Waals surface area contributed by atoms with Gasteiger partial charge in [0, 0.05) is 17.8 Å². The number of rotatable bonds is 3. The lowest BCUT2D eigenvalue weighted by molar-refractivity contribution is -0.369. The van der Waals surface area contributed by atoms with Crippen LogP contribution in [-0.4, -0.2) is 98.8 Å². The zero-order valence-corrected chi connectivity index (χ0v) is 25.6. The van der Waals surface area contributed by atoms with Gasteiger partial charge in [-0.1, -0.05) is 26.8 Å². The SMILES string of the molecule is C=C[C@@]1(C)CC(=O)[C@]2(O)[C@@]3(C)[C@@H](O)CCC(C)(C)[C@@H]3[C@H](O)[C@H](OC(=O)NOC(=O)C3CCN(C)CC3)[C@@]2(C)O1.Cl.O. The average molecular weight is 607 g/mol. The van der Waals surface area contributed by atoms with Crippen LogP contribution in [-0.2, 0) is 23.9 Å². The summed E-state index contributed by atoms with van der Waals surface area (Å²) in [7, 11) is 1.96. The molecule has 4 rings (SSSR count). The summed E-state index contributed by atoms with van der Waals surface area (Å²) in [4.78, 5) is 46.5. The van der Waals surface area contributed by atoms with Crippen LogP contribution in [0.2, 0.25) is 0 Å². The van der Waals surface area contributed by atoms with Crippen molar-refractivity contribution in [3.63, 3.8) is 0 Å². The Balaban J connectivity index is 0.00000294. The highest BCUT2D eigenvalue weighted by Crippen LogP contribution is 2.67. The number of nitrogens with one attached hydrogen (secondary N) is 1. The molecular weight excluding hydrogens is 560 g/mol. The van der Waals surface area contributed by atoms with E-state index >= 15 is 0 Å². The van der Waals surface area contributed by atoms with E-state index in [1.165, 1.54) is 13.0 Å². The molecule has 2 saturated carbocycles. The first-order valence-corrected chi connectivity index (χ1v) is 13.8. The number of Topliss-reactive ketones (excluding diaryl/α,β-unsaturated/α-hetero) is 1. The predicted octanol–water partition coefficient (Wildman–Crippen LogP) is 1.08. The first kappa shape index (κ1) is 35.4. The molecule has 1 amide bonds. The van der Waals surface area contributed by atoms with Crippen LogP contribution in [0.15, 0.2) is 12.7 Å². The van der Waals surface area contributed by atoms with Crippen molar-refractivity contribution in [2.75, 3.05) is 20.1 Å². The Morgan fingerprint density at radius 2 is 1.71 bits per heavy atom. The highest BCUT2D eigenvalue weighted by atomic mass is 35.5. The minimum atomic E-state index is -2.33. The van der Waals surface area contributed by atoms with E-state index in [9.17, 15) is 29.7 Å². The number of ketones is 1. The maximum Gasteiger partial charge on any atom is 0.441 e. The van der Waals surface area contributed by atoms with Crippen molar-refractivity contribution in [1.29, 1.82) is 0 Å². The van der Waals surface area contributed by atoms with E-state index in [1.54, 1.807) is 13.8 Å². The first-order chi connectivity index (χ1) is 18.0. The summed E-state index contributed by atoms with van der Waals surface area (Å²) in [5.41, 5.74) is -5.73. The fourth-order valence-corrected chi connectivity index (χ4v) is 8.04. The molecular formula is C28H47ClN2O10. The number of fused-ring (bicyclic) bond motifs is 3. The van der Waals surface area contributed by atoms with E-state index in [-0.39, 0.29) is 30.2 Å². The maximum absolute atomic E-state index is 13.9. The van der Waals surface area contributed by atoms with Crippen LogP contribution in [0, 0.1) is 22.7 Å². The second kappa shape index (κ2) is 11.7.